The second-order valence-corrected chi connectivity index (χ2v) is 11.2. The molecular formula is C32H60Mo2N8. The molecule has 8 nitrogen and oxygen atoms in total. The van der Waals surface area contributed by atoms with Crippen molar-refractivity contribution in [3.8, 4) is 0 Å². The molecule has 10 heteroatoms. The summed E-state index contributed by atoms with van der Waals surface area (Å²) in [5.41, 5.74) is 0. The summed E-state index contributed by atoms with van der Waals surface area (Å²) in [4.78, 5) is 17.8. The minimum absolute atomic E-state index is 0. The molecule has 4 heterocycles. The first-order chi connectivity index (χ1) is 19.3. The third-order valence-corrected chi connectivity index (χ3v) is 7.25. The van der Waals surface area contributed by atoms with Crippen molar-refractivity contribution < 1.29 is 42.1 Å². The summed E-state index contributed by atoms with van der Waals surface area (Å²) in [6.07, 6.45) is 13.7. The van der Waals surface area contributed by atoms with Gasteiger partial charge in [0.15, 0.2) is 0 Å². The van der Waals surface area contributed by atoms with Gasteiger partial charge in [0, 0.05) is 0 Å². The molecule has 0 aliphatic carbocycles. The maximum Gasteiger partial charge on any atom is 2.00 e. The molecule has 0 radical (unpaired) electrons. The number of hydrogen-bond donors (Lipinski definition) is 0. The molecule has 0 aromatic rings. The van der Waals surface area contributed by atoms with Gasteiger partial charge in [0.2, 0.25) is 0 Å². The van der Waals surface area contributed by atoms with E-state index in [0.717, 1.165) is 101 Å². The summed E-state index contributed by atoms with van der Waals surface area (Å²) in [5, 5.41) is 17.1. The van der Waals surface area contributed by atoms with Gasteiger partial charge in [0.25, 0.3) is 0 Å². The van der Waals surface area contributed by atoms with E-state index < -0.39 is 0 Å². The molecule has 42 heavy (non-hydrogen) atoms. The summed E-state index contributed by atoms with van der Waals surface area (Å²) >= 11 is 0. The Bertz CT molecular complexity index is 624. The van der Waals surface area contributed by atoms with Crippen LogP contribution < -0.4 is 0 Å². The zero-order valence-corrected chi connectivity index (χ0v) is 32.0. The van der Waals surface area contributed by atoms with E-state index in [2.05, 4.69) is 96.6 Å². The van der Waals surface area contributed by atoms with Crippen molar-refractivity contribution in [1.82, 2.24) is 0 Å². The van der Waals surface area contributed by atoms with Gasteiger partial charge in [-0.05, 0) is 49.9 Å². The minimum atomic E-state index is 0. The van der Waals surface area contributed by atoms with Crippen LogP contribution in [0.1, 0.15) is 132 Å². The SMILES string of the molecule is CCC(C)N=C1CCC[N-]1.CCC(C)N=C1CCC[N-]1.CCC(C)N=C1CCC[N-]1.CCC(C)N=C1CCC[N-]1.[Mo+2].[Mo+2]. The monoisotopic (exact) mass is 752 g/mol. The molecule has 4 atom stereocenters. The van der Waals surface area contributed by atoms with Gasteiger partial charge in [-0.15, -0.1) is 0 Å². The molecule has 0 aromatic heterocycles. The van der Waals surface area contributed by atoms with Gasteiger partial charge in [0.1, 0.15) is 0 Å². The summed E-state index contributed by atoms with van der Waals surface area (Å²) in [7, 11) is 0. The molecule has 0 amide bonds. The Labute approximate surface area is 288 Å². The van der Waals surface area contributed by atoms with Gasteiger partial charge >= 0.3 is 42.1 Å². The van der Waals surface area contributed by atoms with Crippen LogP contribution in [0, 0.1) is 0 Å². The number of rotatable bonds is 8. The van der Waals surface area contributed by atoms with E-state index in [0.29, 0.717) is 24.2 Å². The number of hydrogen-bond acceptors (Lipinski definition) is 4. The molecule has 0 aromatic carbocycles. The van der Waals surface area contributed by atoms with Gasteiger partial charge in [-0.1, -0.05) is 156 Å². The quantitative estimate of drug-likeness (QED) is 0.221. The number of amidine groups is 4. The van der Waals surface area contributed by atoms with Crippen molar-refractivity contribution in [2.24, 2.45) is 20.0 Å². The number of nitrogens with zero attached hydrogens (tertiary/aromatic N) is 8. The molecular weight excluding hydrogens is 688 g/mol. The van der Waals surface area contributed by atoms with Crippen molar-refractivity contribution in [2.75, 3.05) is 26.2 Å². The number of aliphatic imine (C=N–C) groups is 4. The zero-order chi connectivity index (χ0) is 29.6. The Balaban J connectivity index is 0. The van der Waals surface area contributed by atoms with E-state index in [-0.39, 0.29) is 42.1 Å². The van der Waals surface area contributed by atoms with E-state index in [1.54, 1.807) is 0 Å². The first kappa shape index (κ1) is 43.4. The fourth-order valence-electron chi connectivity index (χ4n) is 3.90. The van der Waals surface area contributed by atoms with Crippen LogP contribution in [-0.2, 0) is 42.1 Å². The van der Waals surface area contributed by atoms with Crippen LogP contribution >= 0.6 is 0 Å². The maximum absolute atomic E-state index is 4.44. The van der Waals surface area contributed by atoms with Crippen molar-refractivity contribution in [3.63, 3.8) is 0 Å². The van der Waals surface area contributed by atoms with Crippen LogP contribution in [-0.4, -0.2) is 73.7 Å². The largest absolute Gasteiger partial charge is 2.00 e. The molecule has 0 saturated carbocycles. The molecule has 0 bridgehead atoms. The Morgan fingerprint density at radius 1 is 0.429 bits per heavy atom. The topological polar surface area (TPSA) is 106 Å². The minimum Gasteiger partial charge on any atom is -0.469 e. The van der Waals surface area contributed by atoms with Gasteiger partial charge in [0.05, 0.1) is 0 Å². The summed E-state index contributed by atoms with van der Waals surface area (Å²) in [6, 6.07) is 1.88. The van der Waals surface area contributed by atoms with Crippen LogP contribution in [0.2, 0.25) is 0 Å². The second-order valence-electron chi connectivity index (χ2n) is 11.2. The van der Waals surface area contributed by atoms with Crippen LogP contribution in [0.3, 0.4) is 0 Å². The molecule has 4 saturated heterocycles. The Morgan fingerprint density at radius 3 is 0.738 bits per heavy atom. The van der Waals surface area contributed by atoms with E-state index in [9.17, 15) is 0 Å². The van der Waals surface area contributed by atoms with Crippen LogP contribution in [0.25, 0.3) is 21.3 Å². The van der Waals surface area contributed by atoms with E-state index >= 15 is 0 Å². The molecule has 4 unspecified atom stereocenters. The van der Waals surface area contributed by atoms with Crippen molar-refractivity contribution in [1.29, 1.82) is 0 Å². The Hall–Kier alpha value is -0.743. The predicted molar refractivity (Wildman–Crippen MR) is 179 cm³/mol. The van der Waals surface area contributed by atoms with Crippen LogP contribution in [0.15, 0.2) is 20.0 Å². The van der Waals surface area contributed by atoms with Gasteiger partial charge < -0.3 is 41.2 Å². The standard InChI is InChI=1S/4C8H15N2.2Mo/c4*1-3-7(2)10-8-5-4-6-9-8;;/h4*7H,3-6H2,1-2H3;;/q4*-1;2*+2. The van der Waals surface area contributed by atoms with Gasteiger partial charge in [-0.2, -0.15) is 0 Å². The fourth-order valence-corrected chi connectivity index (χ4v) is 3.90. The van der Waals surface area contributed by atoms with Crippen LogP contribution in [0.4, 0.5) is 0 Å². The third-order valence-electron chi connectivity index (χ3n) is 7.25. The Morgan fingerprint density at radius 2 is 0.619 bits per heavy atom. The van der Waals surface area contributed by atoms with E-state index in [1.807, 2.05) is 0 Å². The normalized spacial score (nSPS) is 23.6. The molecule has 0 spiro atoms. The van der Waals surface area contributed by atoms with Crippen molar-refractivity contribution in [3.05, 3.63) is 21.3 Å². The third kappa shape index (κ3) is 21.9. The van der Waals surface area contributed by atoms with E-state index in [1.165, 1.54) is 25.7 Å². The van der Waals surface area contributed by atoms with Gasteiger partial charge in [-0.3, -0.25) is 0 Å². The fraction of sp³-hybridized carbons (Fsp3) is 0.875. The first-order valence-corrected chi connectivity index (χ1v) is 16.3. The van der Waals surface area contributed by atoms with Crippen molar-refractivity contribution in [2.45, 2.75) is 157 Å². The molecule has 240 valence electrons. The predicted octanol–water partition coefficient (Wildman–Crippen LogP) is 9.40. The maximum atomic E-state index is 4.44. The van der Waals surface area contributed by atoms with E-state index in [4.69, 9.17) is 0 Å². The average Bonchev–Trinajstić information content (AvgIpc) is 3.79. The molecule has 4 aliphatic heterocycles. The summed E-state index contributed by atoms with van der Waals surface area (Å²) in [6.45, 7) is 21.2. The average molecular weight is 749 g/mol. The van der Waals surface area contributed by atoms with Gasteiger partial charge in [-0.25, -0.2) is 0 Å². The second kappa shape index (κ2) is 27.8. The Kier molecular flexibility index (Phi) is 28.7. The zero-order valence-electron chi connectivity index (χ0n) is 28.0. The molecule has 4 aliphatic rings. The summed E-state index contributed by atoms with van der Waals surface area (Å²) < 4.78 is 0. The smallest absolute Gasteiger partial charge is 0.469 e. The molecule has 4 fully saturated rings. The molecule has 4 rings (SSSR count). The van der Waals surface area contributed by atoms with Crippen molar-refractivity contribution >= 4 is 23.3 Å². The first-order valence-electron chi connectivity index (χ1n) is 16.3. The summed E-state index contributed by atoms with van der Waals surface area (Å²) in [5.74, 6) is 4.37. The molecule has 0 N–H and O–H groups in total. The van der Waals surface area contributed by atoms with Crippen LogP contribution in [0.5, 0.6) is 0 Å².